The van der Waals surface area contributed by atoms with Gasteiger partial charge in [0.1, 0.15) is 5.75 Å². The maximum atomic E-state index is 12.0. The first-order valence-corrected chi connectivity index (χ1v) is 7.48. The molecule has 0 fully saturated rings. The van der Waals surface area contributed by atoms with Crippen LogP contribution >= 0.6 is 11.6 Å². The fourth-order valence-corrected chi connectivity index (χ4v) is 1.83. The smallest absolute Gasteiger partial charge is 0.407 e. The number of rotatable bonds is 8. The first-order chi connectivity index (χ1) is 10.6. The van der Waals surface area contributed by atoms with Gasteiger partial charge in [-0.25, -0.2) is 4.79 Å². The first kappa shape index (κ1) is 18.1. The molecule has 1 rings (SSSR count). The maximum absolute atomic E-state index is 12.0. The van der Waals surface area contributed by atoms with Crippen molar-refractivity contribution < 1.29 is 19.1 Å². The summed E-state index contributed by atoms with van der Waals surface area (Å²) in [6.07, 6.45) is 1.31. The molecule has 6 nitrogen and oxygen atoms in total. The predicted molar refractivity (Wildman–Crippen MR) is 84.6 cm³/mol. The van der Waals surface area contributed by atoms with E-state index in [9.17, 15) is 9.59 Å². The van der Waals surface area contributed by atoms with Crippen molar-refractivity contribution in [1.29, 1.82) is 0 Å². The van der Waals surface area contributed by atoms with E-state index in [2.05, 4.69) is 10.6 Å². The molecule has 22 heavy (non-hydrogen) atoms. The lowest BCUT2D eigenvalue weighted by Crippen LogP contribution is -2.35. The number of halogens is 1. The van der Waals surface area contributed by atoms with Crippen LogP contribution in [-0.2, 0) is 4.74 Å². The van der Waals surface area contributed by atoms with Crippen LogP contribution in [-0.4, -0.2) is 38.8 Å². The summed E-state index contributed by atoms with van der Waals surface area (Å²) in [6, 6.07) is 4.80. The Kier molecular flexibility index (Phi) is 8.14. The molecule has 1 aromatic carbocycles. The molecule has 0 spiro atoms. The van der Waals surface area contributed by atoms with Gasteiger partial charge < -0.3 is 20.1 Å². The van der Waals surface area contributed by atoms with E-state index in [1.807, 2.05) is 6.92 Å². The average molecular weight is 329 g/mol. The van der Waals surface area contributed by atoms with Crippen molar-refractivity contribution in [1.82, 2.24) is 10.6 Å². The summed E-state index contributed by atoms with van der Waals surface area (Å²) >= 11 is 5.87. The van der Waals surface area contributed by atoms with Gasteiger partial charge in [-0.15, -0.1) is 0 Å². The Balaban J connectivity index is 2.35. The SMILES string of the molecule is CCCCOC(=O)NCCNC(=O)c1cc(Cl)ccc1OC. The predicted octanol–water partition coefficient (Wildman–Crippen LogP) is 2.60. The van der Waals surface area contributed by atoms with Crippen molar-refractivity contribution in [3.63, 3.8) is 0 Å². The zero-order chi connectivity index (χ0) is 16.4. The van der Waals surface area contributed by atoms with Gasteiger partial charge in [0, 0.05) is 18.1 Å². The van der Waals surface area contributed by atoms with E-state index in [0.717, 1.165) is 12.8 Å². The van der Waals surface area contributed by atoms with Gasteiger partial charge in [-0.3, -0.25) is 4.79 Å². The van der Waals surface area contributed by atoms with Crippen LogP contribution in [0.2, 0.25) is 5.02 Å². The van der Waals surface area contributed by atoms with Crippen molar-refractivity contribution in [2.45, 2.75) is 19.8 Å². The van der Waals surface area contributed by atoms with Crippen LogP contribution in [0, 0.1) is 0 Å². The number of benzene rings is 1. The van der Waals surface area contributed by atoms with E-state index in [1.165, 1.54) is 13.2 Å². The molecule has 2 N–H and O–H groups in total. The lowest BCUT2D eigenvalue weighted by Gasteiger charge is -2.10. The zero-order valence-electron chi connectivity index (χ0n) is 12.8. The topological polar surface area (TPSA) is 76.7 Å². The van der Waals surface area contributed by atoms with Gasteiger partial charge in [0.2, 0.25) is 0 Å². The molecule has 0 saturated heterocycles. The van der Waals surface area contributed by atoms with Crippen LogP contribution in [0.15, 0.2) is 18.2 Å². The van der Waals surface area contributed by atoms with Crippen molar-refractivity contribution in [2.24, 2.45) is 0 Å². The molecule has 0 aliphatic heterocycles. The van der Waals surface area contributed by atoms with Crippen LogP contribution in [0.1, 0.15) is 30.1 Å². The molecular weight excluding hydrogens is 308 g/mol. The molecule has 1 aromatic rings. The van der Waals surface area contributed by atoms with Gasteiger partial charge in [-0.05, 0) is 24.6 Å². The number of carbonyl (C=O) groups excluding carboxylic acids is 2. The standard InChI is InChI=1S/C15H21ClN2O4/c1-3-4-9-22-15(20)18-8-7-17-14(19)12-10-11(16)5-6-13(12)21-2/h5-6,10H,3-4,7-9H2,1-2H3,(H,17,19)(H,18,20). The quantitative estimate of drug-likeness (QED) is 0.719. The minimum absolute atomic E-state index is 0.275. The normalized spacial score (nSPS) is 9.95. The van der Waals surface area contributed by atoms with E-state index in [1.54, 1.807) is 12.1 Å². The van der Waals surface area contributed by atoms with E-state index in [4.69, 9.17) is 21.1 Å². The van der Waals surface area contributed by atoms with Crippen LogP contribution in [0.4, 0.5) is 4.79 Å². The van der Waals surface area contributed by atoms with E-state index < -0.39 is 6.09 Å². The highest BCUT2D eigenvalue weighted by Gasteiger charge is 2.12. The molecule has 0 atom stereocenters. The number of methoxy groups -OCH3 is 1. The number of ether oxygens (including phenoxy) is 2. The molecule has 0 radical (unpaired) electrons. The van der Waals surface area contributed by atoms with Crippen LogP contribution in [0.25, 0.3) is 0 Å². The Morgan fingerprint density at radius 3 is 2.64 bits per heavy atom. The van der Waals surface area contributed by atoms with Gasteiger partial charge in [0.25, 0.3) is 5.91 Å². The van der Waals surface area contributed by atoms with Gasteiger partial charge in [-0.2, -0.15) is 0 Å². The Bertz CT molecular complexity index is 508. The number of alkyl carbamates (subject to hydrolysis) is 1. The minimum Gasteiger partial charge on any atom is -0.496 e. The van der Waals surface area contributed by atoms with Crippen molar-refractivity contribution >= 4 is 23.6 Å². The molecule has 0 aliphatic rings. The van der Waals surface area contributed by atoms with Crippen molar-refractivity contribution in [3.05, 3.63) is 28.8 Å². The summed E-state index contributed by atoms with van der Waals surface area (Å²) in [5.41, 5.74) is 0.348. The second kappa shape index (κ2) is 9.89. The fraction of sp³-hybridized carbons (Fsp3) is 0.467. The molecule has 0 aliphatic carbocycles. The maximum Gasteiger partial charge on any atom is 0.407 e. The number of hydrogen-bond donors (Lipinski definition) is 2. The Hall–Kier alpha value is -1.95. The Morgan fingerprint density at radius 1 is 1.23 bits per heavy atom. The highest BCUT2D eigenvalue weighted by Crippen LogP contribution is 2.22. The number of unbranched alkanes of at least 4 members (excludes halogenated alkanes) is 1. The number of carbonyl (C=O) groups is 2. The molecule has 7 heteroatoms. The molecule has 2 amide bonds. The van der Waals surface area contributed by atoms with E-state index >= 15 is 0 Å². The number of nitrogens with one attached hydrogen (secondary N) is 2. The first-order valence-electron chi connectivity index (χ1n) is 7.10. The summed E-state index contributed by atoms with van der Waals surface area (Å²) < 4.78 is 10.0. The third-order valence-electron chi connectivity index (χ3n) is 2.82. The molecule has 0 bridgehead atoms. The second-order valence-electron chi connectivity index (χ2n) is 4.52. The third kappa shape index (κ3) is 6.22. The minimum atomic E-state index is -0.483. The molecule has 122 valence electrons. The van der Waals surface area contributed by atoms with Crippen LogP contribution in [0.5, 0.6) is 5.75 Å². The third-order valence-corrected chi connectivity index (χ3v) is 3.05. The average Bonchev–Trinajstić information content (AvgIpc) is 2.51. The Morgan fingerprint density at radius 2 is 1.95 bits per heavy atom. The number of amides is 2. The highest BCUT2D eigenvalue weighted by atomic mass is 35.5. The van der Waals surface area contributed by atoms with Gasteiger partial charge in [0.05, 0.1) is 19.3 Å². The zero-order valence-corrected chi connectivity index (χ0v) is 13.5. The lowest BCUT2D eigenvalue weighted by molar-refractivity contribution is 0.0949. The van der Waals surface area contributed by atoms with Crippen molar-refractivity contribution in [3.8, 4) is 5.75 Å². The van der Waals surface area contributed by atoms with Crippen molar-refractivity contribution in [2.75, 3.05) is 26.8 Å². The van der Waals surface area contributed by atoms with Gasteiger partial charge >= 0.3 is 6.09 Å². The molecule has 0 aromatic heterocycles. The van der Waals surface area contributed by atoms with E-state index in [-0.39, 0.29) is 19.0 Å². The summed E-state index contributed by atoms with van der Waals surface area (Å²) in [7, 11) is 1.48. The lowest BCUT2D eigenvalue weighted by atomic mass is 10.2. The fourth-order valence-electron chi connectivity index (χ4n) is 1.65. The van der Waals surface area contributed by atoms with Crippen LogP contribution < -0.4 is 15.4 Å². The summed E-state index contributed by atoms with van der Waals surface area (Å²) in [4.78, 5) is 23.3. The van der Waals surface area contributed by atoms with E-state index in [0.29, 0.717) is 22.9 Å². The summed E-state index contributed by atoms with van der Waals surface area (Å²) in [5, 5.41) is 5.68. The highest BCUT2D eigenvalue weighted by molar-refractivity contribution is 6.31. The van der Waals surface area contributed by atoms with Gasteiger partial charge in [0.15, 0.2) is 0 Å². The molecular formula is C15H21ClN2O4. The molecule has 0 unspecified atom stereocenters. The molecule has 0 heterocycles. The van der Waals surface area contributed by atoms with Crippen LogP contribution in [0.3, 0.4) is 0 Å². The largest absolute Gasteiger partial charge is 0.496 e. The summed E-state index contributed by atoms with van der Waals surface area (Å²) in [5.74, 6) is 0.120. The monoisotopic (exact) mass is 328 g/mol. The summed E-state index contributed by atoms with van der Waals surface area (Å²) in [6.45, 7) is 2.96. The second-order valence-corrected chi connectivity index (χ2v) is 4.95. The molecule has 0 saturated carbocycles. The van der Waals surface area contributed by atoms with Gasteiger partial charge in [-0.1, -0.05) is 24.9 Å². The number of hydrogen-bond acceptors (Lipinski definition) is 4. The Labute approximate surface area is 135 Å².